The fourth-order valence-electron chi connectivity index (χ4n) is 0.251. The van der Waals surface area contributed by atoms with Crippen molar-refractivity contribution in [3.8, 4) is 0 Å². The van der Waals surface area contributed by atoms with Gasteiger partial charge >= 0.3 is 68.9 Å². The molecule has 1 rings (SSSR count). The minimum absolute atomic E-state index is 0.328. The molecule has 0 aliphatic heterocycles. The predicted molar refractivity (Wildman–Crippen MR) is 33.4 cm³/mol. The first-order valence-corrected chi connectivity index (χ1v) is 5.21. The van der Waals surface area contributed by atoms with Crippen LogP contribution in [0.4, 0.5) is 0 Å². The molecule has 0 N–H and O–H groups in total. The van der Waals surface area contributed by atoms with Gasteiger partial charge in [-0.3, -0.25) is 0 Å². The molecule has 1 heterocycles. The molecule has 0 aliphatic carbocycles. The van der Waals surface area contributed by atoms with Crippen LogP contribution in [0.25, 0.3) is 0 Å². The molecule has 5 heteroatoms. The molecule has 0 aliphatic rings. The van der Waals surface area contributed by atoms with Crippen LogP contribution in [0, 0.1) is 3.07 Å². The summed E-state index contributed by atoms with van der Waals surface area (Å²) >= 11 is 6.04. The summed E-state index contributed by atoms with van der Waals surface area (Å²) < 4.78 is 2.11. The Labute approximate surface area is 68.7 Å². The second-order valence-corrected chi connectivity index (χ2v) is 7.30. The van der Waals surface area contributed by atoms with Crippen molar-refractivity contribution >= 4 is 49.6 Å². The van der Waals surface area contributed by atoms with Crippen LogP contribution < -0.4 is 3.47 Å². The molecular formula is C3HN2Se3. The van der Waals surface area contributed by atoms with Crippen molar-refractivity contribution in [1.29, 1.82) is 0 Å². The van der Waals surface area contributed by atoms with Gasteiger partial charge in [0.25, 0.3) is 0 Å². The number of nitrogens with zero attached hydrogens (tertiary/aromatic N) is 2. The zero-order chi connectivity index (χ0) is 5.98. The minimum atomic E-state index is 0.328. The summed E-state index contributed by atoms with van der Waals surface area (Å²) in [7, 11) is 0. The Morgan fingerprint density at radius 3 is 2.62 bits per heavy atom. The van der Waals surface area contributed by atoms with Crippen LogP contribution in [0.3, 0.4) is 0 Å². The monoisotopic (exact) mass is 305 g/mol. The van der Waals surface area contributed by atoms with Crippen LogP contribution in [-0.2, 0) is 0 Å². The van der Waals surface area contributed by atoms with Crippen LogP contribution in [-0.4, -0.2) is 56.1 Å². The van der Waals surface area contributed by atoms with Gasteiger partial charge in [-0.15, -0.1) is 0 Å². The van der Waals surface area contributed by atoms with E-state index in [1.165, 1.54) is 0 Å². The summed E-state index contributed by atoms with van der Waals surface area (Å²) in [6.07, 6.45) is 1.56. The third kappa shape index (κ3) is 1.94. The van der Waals surface area contributed by atoms with E-state index in [1.807, 2.05) is 0 Å². The Kier molecular flexibility index (Phi) is 2.64. The van der Waals surface area contributed by atoms with Crippen molar-refractivity contribution in [2.45, 2.75) is 0 Å². The molecule has 8 heavy (non-hydrogen) atoms. The van der Waals surface area contributed by atoms with E-state index in [0.717, 1.165) is 6.53 Å². The zero-order valence-electron chi connectivity index (χ0n) is 3.70. The van der Waals surface area contributed by atoms with Gasteiger partial charge in [-0.25, -0.2) is 0 Å². The quantitative estimate of drug-likeness (QED) is 0.520. The summed E-state index contributed by atoms with van der Waals surface area (Å²) in [6.45, 7) is 0. The van der Waals surface area contributed by atoms with Gasteiger partial charge in [-0.05, 0) is 0 Å². The average Bonchev–Trinajstić information content (AvgIpc) is 1.64. The molecule has 1 radical (unpaired) electrons. The molecule has 0 saturated heterocycles. The summed E-state index contributed by atoms with van der Waals surface area (Å²) in [5.74, 6) is 0. The molecule has 0 saturated carbocycles. The van der Waals surface area contributed by atoms with Crippen molar-refractivity contribution in [2.75, 3.05) is 0 Å². The topological polar surface area (TPSA) is 25.8 Å². The Hall–Kier alpha value is 0.768. The van der Waals surface area contributed by atoms with E-state index in [1.54, 1.807) is 6.33 Å². The summed E-state index contributed by atoms with van der Waals surface area (Å²) in [6, 6.07) is 0. The Balaban J connectivity index is 3.28. The summed E-state index contributed by atoms with van der Waals surface area (Å²) in [4.78, 5) is 7.87. The fraction of sp³-hybridized carbons (Fsp3) is 0. The summed E-state index contributed by atoms with van der Waals surface area (Å²) in [5.41, 5.74) is 0. The number of hydrogen-bond acceptors (Lipinski definition) is 2. The van der Waals surface area contributed by atoms with E-state index in [2.05, 4.69) is 41.6 Å². The standard InChI is InChI=1S/C3HN2Se3/c6-2-4-1-5-3(7)8-2/h1H. The van der Waals surface area contributed by atoms with Crippen LogP contribution in [0.15, 0.2) is 6.33 Å². The number of aromatic nitrogens is 2. The van der Waals surface area contributed by atoms with Gasteiger partial charge in [0.15, 0.2) is 0 Å². The maximum atomic E-state index is 3.94. The van der Waals surface area contributed by atoms with Gasteiger partial charge < -0.3 is 0 Å². The van der Waals surface area contributed by atoms with Crippen LogP contribution in [0.5, 0.6) is 0 Å². The second kappa shape index (κ2) is 3.07. The van der Waals surface area contributed by atoms with E-state index in [-0.39, 0.29) is 0 Å². The van der Waals surface area contributed by atoms with Gasteiger partial charge in [0.05, 0.1) is 0 Å². The van der Waals surface area contributed by atoms with Gasteiger partial charge in [0, 0.05) is 0 Å². The molecular weight excluding hydrogens is 301 g/mol. The molecule has 1 aromatic rings. The van der Waals surface area contributed by atoms with Crippen molar-refractivity contribution < 1.29 is 0 Å². The molecule has 0 aromatic carbocycles. The molecule has 0 unspecified atom stereocenters. The Bertz CT molecular complexity index is 230. The van der Waals surface area contributed by atoms with Gasteiger partial charge in [0.2, 0.25) is 0 Å². The van der Waals surface area contributed by atoms with Crippen molar-refractivity contribution in [3.05, 3.63) is 9.39 Å². The van der Waals surface area contributed by atoms with Crippen molar-refractivity contribution in [3.63, 3.8) is 0 Å². The number of rotatable bonds is 0. The SMILES string of the molecule is [Se]c1ncnc(=[Se])[se]1. The van der Waals surface area contributed by atoms with E-state index in [4.69, 9.17) is 0 Å². The first-order valence-electron chi connectivity index (χ1n) is 1.78. The maximum absolute atomic E-state index is 3.94. The molecule has 0 atom stereocenters. The second-order valence-electron chi connectivity index (χ2n) is 1.01. The summed E-state index contributed by atoms with van der Waals surface area (Å²) in [5, 5.41) is 0. The number of hydrogen-bond donors (Lipinski definition) is 0. The average molecular weight is 302 g/mol. The third-order valence-electron chi connectivity index (χ3n) is 0.501. The molecule has 41 valence electrons. The molecule has 2 nitrogen and oxygen atoms in total. The normalized spacial score (nSPS) is 9.00. The van der Waals surface area contributed by atoms with Gasteiger partial charge in [0.1, 0.15) is 0 Å². The van der Waals surface area contributed by atoms with Crippen LogP contribution in [0.1, 0.15) is 0 Å². The van der Waals surface area contributed by atoms with Gasteiger partial charge in [-0.1, -0.05) is 0 Å². The molecule has 0 amide bonds. The van der Waals surface area contributed by atoms with E-state index >= 15 is 0 Å². The predicted octanol–water partition coefficient (Wildman–Crippen LogP) is -1.97. The third-order valence-corrected chi connectivity index (χ3v) is 3.94. The first kappa shape index (κ1) is 6.88. The Morgan fingerprint density at radius 1 is 1.50 bits per heavy atom. The first-order chi connectivity index (χ1) is 3.79. The molecule has 0 bridgehead atoms. The zero-order valence-corrected chi connectivity index (χ0v) is 8.84. The van der Waals surface area contributed by atoms with Gasteiger partial charge in [-0.2, -0.15) is 0 Å². The van der Waals surface area contributed by atoms with E-state index in [0.29, 0.717) is 14.5 Å². The van der Waals surface area contributed by atoms with Crippen molar-refractivity contribution in [2.24, 2.45) is 0 Å². The molecule has 0 spiro atoms. The van der Waals surface area contributed by atoms with Crippen LogP contribution >= 0.6 is 0 Å². The fourth-order valence-corrected chi connectivity index (χ4v) is 4.29. The Morgan fingerprint density at radius 2 is 2.25 bits per heavy atom. The van der Waals surface area contributed by atoms with Crippen molar-refractivity contribution in [1.82, 2.24) is 9.97 Å². The molecule has 0 fully saturated rings. The van der Waals surface area contributed by atoms with E-state index < -0.39 is 0 Å². The molecule has 1 aromatic heterocycles. The van der Waals surface area contributed by atoms with Crippen LogP contribution in [0.2, 0.25) is 0 Å². The van der Waals surface area contributed by atoms with E-state index in [9.17, 15) is 0 Å².